The number of likely N-dealkylation sites (tertiary alicyclic amines) is 1. The molecule has 1 rings (SSSR count). The summed E-state index contributed by atoms with van der Waals surface area (Å²) in [6.07, 6.45) is 2.39. The number of nitrogens with two attached hydrogens (primary N) is 1. The van der Waals surface area contributed by atoms with Crippen LogP contribution in [0.25, 0.3) is 0 Å². The van der Waals surface area contributed by atoms with Crippen LogP contribution in [0.1, 0.15) is 26.7 Å². The summed E-state index contributed by atoms with van der Waals surface area (Å²) in [4.78, 5) is 2.50. The van der Waals surface area contributed by atoms with Crippen molar-refractivity contribution in [2.24, 2.45) is 17.6 Å². The maximum Gasteiger partial charge on any atom is 0.0190 e. The molecule has 0 saturated carbocycles. The lowest BCUT2D eigenvalue weighted by molar-refractivity contribution is 0.141. The van der Waals surface area contributed by atoms with E-state index in [1.54, 1.807) is 0 Å². The van der Waals surface area contributed by atoms with Gasteiger partial charge in [-0.25, -0.2) is 0 Å². The first-order chi connectivity index (χ1) is 6.67. The van der Waals surface area contributed by atoms with Crippen LogP contribution in [0.15, 0.2) is 12.2 Å². The summed E-state index contributed by atoms with van der Waals surface area (Å²) in [6, 6.07) is 0. The third kappa shape index (κ3) is 3.10. The predicted octanol–water partition coefficient (Wildman–Crippen LogP) is 1.87. The van der Waals surface area contributed by atoms with E-state index >= 15 is 0 Å². The number of piperidine rings is 1. The van der Waals surface area contributed by atoms with Crippen molar-refractivity contribution >= 4 is 0 Å². The van der Waals surface area contributed by atoms with Crippen LogP contribution in [0.5, 0.6) is 0 Å². The summed E-state index contributed by atoms with van der Waals surface area (Å²) in [7, 11) is 0. The van der Waals surface area contributed by atoms with Crippen molar-refractivity contribution in [3.8, 4) is 0 Å². The van der Waals surface area contributed by atoms with Gasteiger partial charge >= 0.3 is 0 Å². The molecule has 0 aliphatic carbocycles. The van der Waals surface area contributed by atoms with E-state index in [9.17, 15) is 0 Å². The minimum Gasteiger partial charge on any atom is -0.330 e. The van der Waals surface area contributed by atoms with Gasteiger partial charge in [0.1, 0.15) is 0 Å². The predicted molar refractivity (Wildman–Crippen MR) is 62.2 cm³/mol. The second kappa shape index (κ2) is 5.52. The molecule has 0 aromatic carbocycles. The molecule has 0 spiro atoms. The first kappa shape index (κ1) is 11.7. The number of rotatable bonds is 4. The lowest BCUT2D eigenvalue weighted by atomic mass is 9.87. The molecular formula is C12H24N2. The van der Waals surface area contributed by atoms with E-state index in [0.717, 1.165) is 32.0 Å². The zero-order valence-corrected chi connectivity index (χ0v) is 9.63. The Balaban J connectivity index is 2.38. The third-order valence-electron chi connectivity index (χ3n) is 3.45. The minimum atomic E-state index is 0.688. The second-order valence-corrected chi connectivity index (χ2v) is 4.60. The van der Waals surface area contributed by atoms with E-state index in [1.165, 1.54) is 18.5 Å². The molecule has 2 unspecified atom stereocenters. The minimum absolute atomic E-state index is 0.688. The molecule has 2 atom stereocenters. The van der Waals surface area contributed by atoms with Crippen LogP contribution >= 0.6 is 0 Å². The fourth-order valence-electron chi connectivity index (χ4n) is 2.10. The molecule has 14 heavy (non-hydrogen) atoms. The van der Waals surface area contributed by atoms with Crippen LogP contribution in [0.4, 0.5) is 0 Å². The highest BCUT2D eigenvalue weighted by Gasteiger charge is 2.24. The van der Waals surface area contributed by atoms with Crippen LogP contribution in [0.3, 0.4) is 0 Å². The topological polar surface area (TPSA) is 29.3 Å². The van der Waals surface area contributed by atoms with Crippen LogP contribution < -0.4 is 5.73 Å². The molecule has 0 aromatic heterocycles. The molecule has 0 amide bonds. The van der Waals surface area contributed by atoms with E-state index in [1.807, 2.05) is 0 Å². The van der Waals surface area contributed by atoms with Crippen molar-refractivity contribution in [2.75, 3.05) is 26.2 Å². The zero-order chi connectivity index (χ0) is 10.6. The van der Waals surface area contributed by atoms with Gasteiger partial charge in [-0.3, -0.25) is 4.90 Å². The highest BCUT2D eigenvalue weighted by molar-refractivity contribution is 4.97. The maximum absolute atomic E-state index is 5.77. The quantitative estimate of drug-likeness (QED) is 0.696. The second-order valence-electron chi connectivity index (χ2n) is 4.60. The Kier molecular flexibility index (Phi) is 4.63. The average Bonchev–Trinajstić information content (AvgIpc) is 2.20. The van der Waals surface area contributed by atoms with Crippen LogP contribution in [-0.2, 0) is 0 Å². The molecule has 0 radical (unpaired) electrons. The smallest absolute Gasteiger partial charge is 0.0190 e. The van der Waals surface area contributed by atoms with Gasteiger partial charge < -0.3 is 5.73 Å². The van der Waals surface area contributed by atoms with Crippen molar-refractivity contribution in [3.63, 3.8) is 0 Å². The monoisotopic (exact) mass is 196 g/mol. The summed E-state index contributed by atoms with van der Waals surface area (Å²) in [6.45, 7) is 12.8. The van der Waals surface area contributed by atoms with E-state index in [2.05, 4.69) is 25.3 Å². The summed E-state index contributed by atoms with van der Waals surface area (Å²) >= 11 is 0. The maximum atomic E-state index is 5.77. The van der Waals surface area contributed by atoms with Gasteiger partial charge in [0.25, 0.3) is 0 Å². The highest BCUT2D eigenvalue weighted by Crippen LogP contribution is 2.22. The number of nitrogens with zero attached hydrogens (tertiary/aromatic N) is 1. The average molecular weight is 196 g/mol. The van der Waals surface area contributed by atoms with Gasteiger partial charge in [0.05, 0.1) is 0 Å². The van der Waals surface area contributed by atoms with Crippen LogP contribution in [0.2, 0.25) is 0 Å². The molecule has 1 fully saturated rings. The molecule has 1 aliphatic rings. The molecule has 1 heterocycles. The van der Waals surface area contributed by atoms with Gasteiger partial charge in [-0.2, -0.15) is 0 Å². The molecule has 0 aromatic rings. The Morgan fingerprint density at radius 3 is 2.86 bits per heavy atom. The van der Waals surface area contributed by atoms with Crippen LogP contribution in [-0.4, -0.2) is 31.1 Å². The lowest BCUT2D eigenvalue weighted by Gasteiger charge is -2.36. The van der Waals surface area contributed by atoms with Crippen molar-refractivity contribution in [1.82, 2.24) is 4.90 Å². The molecule has 2 heteroatoms. The fraction of sp³-hybridized carbons (Fsp3) is 0.833. The van der Waals surface area contributed by atoms with E-state index in [4.69, 9.17) is 5.73 Å². The van der Waals surface area contributed by atoms with E-state index in [0.29, 0.717) is 5.92 Å². The Bertz CT molecular complexity index is 189. The molecule has 2 nitrogen and oxygen atoms in total. The standard InChI is InChI=1S/C12H24N2/c1-4-10(2)8-14-6-5-11(3)12(7-13)9-14/h11-12H,2,4-9,13H2,1,3H3. The molecule has 0 bridgehead atoms. The van der Waals surface area contributed by atoms with E-state index in [-0.39, 0.29) is 0 Å². The molecule has 82 valence electrons. The lowest BCUT2D eigenvalue weighted by Crippen LogP contribution is -2.43. The molecule has 2 N–H and O–H groups in total. The fourth-order valence-corrected chi connectivity index (χ4v) is 2.10. The Labute approximate surface area is 88.2 Å². The van der Waals surface area contributed by atoms with Gasteiger partial charge in [-0.15, -0.1) is 0 Å². The van der Waals surface area contributed by atoms with Crippen molar-refractivity contribution in [3.05, 3.63) is 12.2 Å². The normalized spacial score (nSPS) is 29.1. The van der Waals surface area contributed by atoms with E-state index < -0.39 is 0 Å². The van der Waals surface area contributed by atoms with Gasteiger partial charge in [-0.05, 0) is 37.8 Å². The highest BCUT2D eigenvalue weighted by atomic mass is 15.1. The van der Waals surface area contributed by atoms with Gasteiger partial charge in [-0.1, -0.05) is 26.0 Å². The molecular weight excluding hydrogens is 172 g/mol. The van der Waals surface area contributed by atoms with Crippen LogP contribution in [0, 0.1) is 11.8 Å². The Morgan fingerprint density at radius 1 is 1.57 bits per heavy atom. The van der Waals surface area contributed by atoms with Crippen molar-refractivity contribution < 1.29 is 0 Å². The zero-order valence-electron chi connectivity index (χ0n) is 9.63. The van der Waals surface area contributed by atoms with Gasteiger partial charge in [0, 0.05) is 13.1 Å². The first-order valence-electron chi connectivity index (χ1n) is 5.76. The molecule has 1 aliphatic heterocycles. The first-order valence-corrected chi connectivity index (χ1v) is 5.76. The van der Waals surface area contributed by atoms with Crippen molar-refractivity contribution in [1.29, 1.82) is 0 Å². The summed E-state index contributed by atoms with van der Waals surface area (Å²) < 4.78 is 0. The third-order valence-corrected chi connectivity index (χ3v) is 3.45. The summed E-state index contributed by atoms with van der Waals surface area (Å²) in [5.74, 6) is 1.49. The van der Waals surface area contributed by atoms with Gasteiger partial charge in [0.2, 0.25) is 0 Å². The Hall–Kier alpha value is -0.340. The summed E-state index contributed by atoms with van der Waals surface area (Å²) in [5, 5.41) is 0. The van der Waals surface area contributed by atoms with Crippen molar-refractivity contribution in [2.45, 2.75) is 26.7 Å². The summed E-state index contributed by atoms with van der Waals surface area (Å²) in [5.41, 5.74) is 7.11. The largest absolute Gasteiger partial charge is 0.330 e. The number of hydrogen-bond donors (Lipinski definition) is 1. The van der Waals surface area contributed by atoms with Gasteiger partial charge in [0.15, 0.2) is 0 Å². The Morgan fingerprint density at radius 2 is 2.29 bits per heavy atom. The number of hydrogen-bond acceptors (Lipinski definition) is 2. The SMILES string of the molecule is C=C(CC)CN1CCC(C)C(CN)C1. The molecule has 1 saturated heterocycles.